The molecule has 0 radical (unpaired) electrons. The zero-order valence-corrected chi connectivity index (χ0v) is 50.0. The summed E-state index contributed by atoms with van der Waals surface area (Å²) in [5, 5.41) is 7.61. The molecule has 3 aromatic heterocycles. The number of hydrogen-bond donors (Lipinski definition) is 2. The number of carbonyl (C=O) groups is 5. The van der Waals surface area contributed by atoms with Gasteiger partial charge in [-0.15, -0.1) is 11.3 Å². The lowest BCUT2D eigenvalue weighted by Crippen LogP contribution is -2.62. The standard InChI is InChI=1S/C60H81F3N12O7S/c1-36(2)52(71-18-15-59(32-71)16-19-72(33-59)56(79)48-29-73(48)30-50(76)68(6)7)54(77)66-45-26-49-65-46(31-83-49)38-11-14-47-41(24-38)43(27-58(4,5)35-82-57(80)44-10-9-17-75(67-44)55(45)78)53(74(47)34-60(61,62)63)42-25-40(28-64-51(42)37(3)81-8)70-22-20-69(21-23-70)39-12-13-39/h11,14,24-25,28,31,36-37,39,44-45,48,52,67H,9-10,12-13,15-23,26-27,29-30,32-35H2,1-8H3,(H,66,77)/t37-,44-,45-,48+,52-,59-,73?/m0/s1. The zero-order chi connectivity index (χ0) is 58.9. The minimum Gasteiger partial charge on any atom is -0.464 e. The number of aromatic nitrogens is 3. The van der Waals surface area contributed by atoms with E-state index in [1.165, 1.54) is 38.7 Å². The minimum atomic E-state index is -4.61. The molecule has 7 atom stereocenters. The maximum Gasteiger partial charge on any atom is 0.406 e. The Labute approximate surface area is 488 Å². The number of cyclic esters (lactones) is 1. The van der Waals surface area contributed by atoms with E-state index in [4.69, 9.17) is 19.4 Å². The molecule has 1 unspecified atom stereocenters. The number of nitrogens with zero attached hydrogens (tertiary/aromatic N) is 10. The Kier molecular flexibility index (Phi) is 16.6. The molecule has 11 rings (SSSR count). The van der Waals surface area contributed by atoms with Gasteiger partial charge in [0.1, 0.15) is 24.7 Å². The van der Waals surface area contributed by atoms with Crippen molar-refractivity contribution >= 4 is 57.5 Å². The van der Waals surface area contributed by atoms with E-state index in [1.54, 1.807) is 39.5 Å². The molecule has 9 heterocycles. The van der Waals surface area contributed by atoms with E-state index >= 15 is 13.2 Å². The van der Waals surface area contributed by atoms with E-state index in [2.05, 4.69) is 25.4 Å². The predicted molar refractivity (Wildman–Crippen MR) is 309 cm³/mol. The molecule has 1 spiro atoms. The van der Waals surface area contributed by atoms with E-state index in [0.717, 1.165) is 44.7 Å². The molecule has 2 N–H and O–H groups in total. The van der Waals surface area contributed by atoms with Gasteiger partial charge in [-0.1, -0.05) is 33.8 Å². The molecule has 6 fully saturated rings. The zero-order valence-electron chi connectivity index (χ0n) is 49.2. The first-order valence-corrected chi connectivity index (χ1v) is 30.6. The van der Waals surface area contributed by atoms with Gasteiger partial charge in [-0.25, -0.2) is 10.4 Å². The second-order valence-electron chi connectivity index (χ2n) is 25.8. The Hall–Kier alpha value is -5.72. The monoisotopic (exact) mass is 1170 g/mol. The average Bonchev–Trinajstić information content (AvgIpc) is 4.06. The number of amides is 4. The molecule has 23 heteroatoms. The van der Waals surface area contributed by atoms with Crippen molar-refractivity contribution in [2.75, 3.05) is 105 Å². The number of rotatable bonds is 13. The van der Waals surface area contributed by atoms with Crippen LogP contribution in [-0.2, 0) is 52.8 Å². The van der Waals surface area contributed by atoms with Gasteiger partial charge in [-0.05, 0) is 88.1 Å². The van der Waals surface area contributed by atoms with Crippen molar-refractivity contribution in [2.24, 2.45) is 16.7 Å². The van der Waals surface area contributed by atoms with Crippen LogP contribution < -0.4 is 15.6 Å². The number of ether oxygens (including phenoxy) is 2. The molecule has 83 heavy (non-hydrogen) atoms. The molecule has 6 aliphatic heterocycles. The smallest absolute Gasteiger partial charge is 0.406 e. The molecule has 1 saturated carbocycles. The molecule has 4 aromatic rings. The minimum absolute atomic E-state index is 0.0277. The third kappa shape index (κ3) is 12.7. The summed E-state index contributed by atoms with van der Waals surface area (Å²) < 4.78 is 58.9. The first-order chi connectivity index (χ1) is 39.5. The lowest BCUT2D eigenvalue weighted by molar-refractivity contribution is -0.155. The predicted octanol–water partition coefficient (Wildman–Crippen LogP) is 5.75. The van der Waals surface area contributed by atoms with Crippen LogP contribution in [-0.4, -0.2) is 210 Å². The van der Waals surface area contributed by atoms with Gasteiger partial charge in [-0.2, -0.15) is 13.2 Å². The number of fused-ring (bicyclic) bond motifs is 6. The highest BCUT2D eigenvalue weighted by atomic mass is 32.1. The number of nitrogens with one attached hydrogen (secondary N) is 2. The summed E-state index contributed by atoms with van der Waals surface area (Å²) in [6.07, 6.45) is 1.74. The van der Waals surface area contributed by atoms with E-state index in [0.29, 0.717) is 101 Å². The van der Waals surface area contributed by atoms with Crippen LogP contribution >= 0.6 is 11.3 Å². The third-order valence-corrected chi connectivity index (χ3v) is 19.2. The van der Waals surface area contributed by atoms with E-state index < -0.39 is 54.2 Å². The maximum atomic E-state index is 15.2. The largest absolute Gasteiger partial charge is 0.464 e. The summed E-state index contributed by atoms with van der Waals surface area (Å²) >= 11 is 1.33. The highest BCUT2D eigenvalue weighted by Crippen LogP contribution is 2.45. The fourth-order valence-electron chi connectivity index (χ4n) is 13.5. The van der Waals surface area contributed by atoms with Crippen LogP contribution in [0.2, 0.25) is 0 Å². The second-order valence-corrected chi connectivity index (χ2v) is 26.8. The summed E-state index contributed by atoms with van der Waals surface area (Å²) in [6, 6.07) is 5.12. The van der Waals surface area contributed by atoms with E-state index in [-0.39, 0.29) is 67.6 Å². The Bertz CT molecular complexity index is 3120. The van der Waals surface area contributed by atoms with E-state index in [9.17, 15) is 24.0 Å². The number of piperazine rings is 1. The van der Waals surface area contributed by atoms with Gasteiger partial charge < -0.3 is 34.1 Å². The first-order valence-electron chi connectivity index (χ1n) is 29.7. The summed E-state index contributed by atoms with van der Waals surface area (Å²) in [4.78, 5) is 92.5. The van der Waals surface area contributed by atoms with Crippen molar-refractivity contribution in [1.82, 2.24) is 54.8 Å². The number of hydrazine groups is 1. The molecule has 6 bridgehead atoms. The van der Waals surface area contributed by atoms with Gasteiger partial charge in [0.25, 0.3) is 5.91 Å². The van der Waals surface area contributed by atoms with Crippen molar-refractivity contribution in [3.63, 3.8) is 0 Å². The number of esters is 1. The fourth-order valence-corrected chi connectivity index (χ4v) is 14.3. The third-order valence-electron chi connectivity index (χ3n) is 18.3. The molecule has 1 aromatic carbocycles. The van der Waals surface area contributed by atoms with Gasteiger partial charge in [-0.3, -0.25) is 48.7 Å². The molecule has 4 amide bonds. The quantitative estimate of drug-likeness (QED) is 0.122. The number of pyridine rings is 1. The van der Waals surface area contributed by atoms with Crippen LogP contribution in [0.25, 0.3) is 33.4 Å². The number of anilines is 1. The topological polar surface area (TPSA) is 181 Å². The normalized spacial score (nSPS) is 26.1. The van der Waals surface area contributed by atoms with E-state index in [1.807, 2.05) is 61.9 Å². The molecule has 7 aliphatic rings. The number of alkyl halides is 3. The van der Waals surface area contributed by atoms with Gasteiger partial charge in [0.05, 0.1) is 59.3 Å². The number of thiazole rings is 1. The van der Waals surface area contributed by atoms with Gasteiger partial charge in [0, 0.05) is 131 Å². The highest BCUT2D eigenvalue weighted by molar-refractivity contribution is 7.10. The number of likely N-dealkylation sites (N-methyl/N-ethyl adjacent to an activating group) is 1. The van der Waals surface area contributed by atoms with Crippen molar-refractivity contribution in [1.29, 1.82) is 0 Å². The Balaban J connectivity index is 0.913. The molecule has 5 saturated heterocycles. The van der Waals surface area contributed by atoms with Crippen molar-refractivity contribution in [3.8, 4) is 22.5 Å². The lowest BCUT2D eigenvalue weighted by atomic mass is 9.84. The average molecular weight is 1170 g/mol. The SMILES string of the molecule is CO[C@@H](C)c1ncc(N2CCN(C3CC3)CC2)cc1-c1c2c3cc(ccc3n1CC(F)(F)F)-c1csc(n1)C[C@H](NC(=O)[C@H](C(C)C)N1CC[C@]3(CCN(C(=O)[C@H]4CN4CC(=O)N(C)C)C3)C1)C(=O)N1CCC[C@H](N1)C(=O)OCC(C)(C)C2. The van der Waals surface area contributed by atoms with Crippen LogP contribution in [0.5, 0.6) is 0 Å². The van der Waals surface area contributed by atoms with Gasteiger partial charge >= 0.3 is 12.1 Å². The Morgan fingerprint density at radius 2 is 1.75 bits per heavy atom. The molecule has 450 valence electrons. The Morgan fingerprint density at radius 3 is 2.46 bits per heavy atom. The van der Waals surface area contributed by atoms with Crippen LogP contribution in [0, 0.1) is 16.7 Å². The lowest BCUT2D eigenvalue weighted by Gasteiger charge is -2.37. The molecular weight excluding hydrogens is 1090 g/mol. The van der Waals surface area contributed by atoms with Crippen molar-refractivity contribution in [2.45, 2.75) is 135 Å². The molecular formula is C60H81F3N12O7S. The number of hydrogen-bond acceptors (Lipinski definition) is 15. The number of methoxy groups -OCH3 is 1. The van der Waals surface area contributed by atoms with Gasteiger partial charge in [0.2, 0.25) is 17.7 Å². The molecule has 1 aliphatic carbocycles. The molecule has 19 nitrogen and oxygen atoms in total. The fraction of sp³-hybridized carbons (Fsp3) is 0.650. The Morgan fingerprint density at radius 1 is 0.988 bits per heavy atom. The van der Waals surface area contributed by atoms with Crippen molar-refractivity contribution in [3.05, 3.63) is 52.1 Å². The number of halogens is 3. The number of likely N-dealkylation sites (tertiary alicyclic amines) is 2. The summed E-state index contributed by atoms with van der Waals surface area (Å²) in [6.45, 7) is 15.1. The number of carbonyl (C=O) groups excluding carboxylic acids is 5. The summed E-state index contributed by atoms with van der Waals surface area (Å²) in [5.74, 6) is -1.45. The summed E-state index contributed by atoms with van der Waals surface area (Å²) in [5.41, 5.74) is 6.59. The van der Waals surface area contributed by atoms with Gasteiger partial charge in [0.15, 0.2) is 0 Å². The van der Waals surface area contributed by atoms with Crippen LogP contribution in [0.1, 0.15) is 95.5 Å². The number of benzene rings is 1. The first kappa shape index (κ1) is 59.0. The van der Waals surface area contributed by atoms with Crippen molar-refractivity contribution < 1.29 is 46.6 Å². The van der Waals surface area contributed by atoms with Crippen LogP contribution in [0.4, 0.5) is 18.9 Å². The van der Waals surface area contributed by atoms with Crippen LogP contribution in [0.15, 0.2) is 35.8 Å². The second kappa shape index (κ2) is 23.3. The maximum absolute atomic E-state index is 15.2. The highest BCUT2D eigenvalue weighted by Gasteiger charge is 2.52. The van der Waals surface area contributed by atoms with Crippen LogP contribution in [0.3, 0.4) is 0 Å². The summed E-state index contributed by atoms with van der Waals surface area (Å²) in [7, 11) is 4.98.